The van der Waals surface area contributed by atoms with Gasteiger partial charge in [0.05, 0.1) is 6.26 Å². The number of carbonyl (C=O) groups excluding carboxylic acids is 1. The van der Waals surface area contributed by atoms with Crippen LogP contribution in [0.1, 0.15) is 6.92 Å². The zero-order valence-corrected chi connectivity index (χ0v) is 10.8. The first-order chi connectivity index (χ1) is 7.06. The van der Waals surface area contributed by atoms with Gasteiger partial charge in [-0.1, -0.05) is 6.58 Å². The van der Waals surface area contributed by atoms with Crippen molar-refractivity contribution >= 4 is 16.1 Å². The molecule has 0 heterocycles. The molecule has 0 aromatic rings. The maximum atomic E-state index is 10.6. The van der Waals surface area contributed by atoms with Gasteiger partial charge in [-0.05, 0) is 21.0 Å². The summed E-state index contributed by atoms with van der Waals surface area (Å²) in [5.74, 6) is -0.362. The molecule has 0 saturated heterocycles. The lowest BCUT2D eigenvalue weighted by Gasteiger charge is -2.16. The Kier molecular flexibility index (Phi) is 9.02. The minimum Gasteiger partial charge on any atom is -0.458 e. The molecule has 0 bridgehead atoms. The minimum atomic E-state index is -3.67. The van der Waals surface area contributed by atoms with Gasteiger partial charge in [0.25, 0.3) is 10.1 Å². The highest BCUT2D eigenvalue weighted by Gasteiger charge is 2.06. The van der Waals surface area contributed by atoms with Gasteiger partial charge in [0.2, 0.25) is 0 Å². The van der Waals surface area contributed by atoms with E-state index in [-0.39, 0.29) is 12.1 Å². The lowest BCUT2D eigenvalue weighted by atomic mass is 10.4. The zero-order valence-electron chi connectivity index (χ0n) is 10.0. The van der Waals surface area contributed by atoms with E-state index < -0.39 is 10.1 Å². The molecule has 0 aliphatic carbocycles. The molecule has 0 amide bonds. The van der Waals surface area contributed by atoms with E-state index in [4.69, 9.17) is 9.29 Å². The topological polar surface area (TPSA) is 83.9 Å². The van der Waals surface area contributed by atoms with Crippen molar-refractivity contribution in [3.63, 3.8) is 0 Å². The summed E-state index contributed by atoms with van der Waals surface area (Å²) < 4.78 is 30.8. The Morgan fingerprint density at radius 2 is 1.94 bits per heavy atom. The van der Waals surface area contributed by atoms with Gasteiger partial charge in [-0.15, -0.1) is 0 Å². The lowest BCUT2D eigenvalue weighted by Crippen LogP contribution is -2.27. The Morgan fingerprint density at radius 3 is 2.19 bits per heavy atom. The van der Waals surface area contributed by atoms with Gasteiger partial charge in [0, 0.05) is 12.6 Å². The lowest BCUT2D eigenvalue weighted by molar-refractivity contribution is -0.142. The van der Waals surface area contributed by atoms with Crippen LogP contribution in [0.25, 0.3) is 0 Å². The second kappa shape index (κ2) is 8.26. The summed E-state index contributed by atoms with van der Waals surface area (Å²) in [6, 6.07) is 0. The number of carbonyl (C=O) groups is 1. The van der Waals surface area contributed by atoms with Crippen molar-refractivity contribution in [3.05, 3.63) is 12.7 Å². The number of ether oxygens (including phenoxy) is 1. The van der Waals surface area contributed by atoms with E-state index in [2.05, 4.69) is 6.58 Å². The highest BCUT2D eigenvalue weighted by molar-refractivity contribution is 7.85. The molecule has 0 radical (unpaired) electrons. The summed E-state index contributed by atoms with van der Waals surface area (Å²) in [4.78, 5) is 12.6. The number of esters is 1. The van der Waals surface area contributed by atoms with Crippen molar-refractivity contribution < 1.29 is 22.5 Å². The molecule has 0 aromatic carbocycles. The first-order valence-electron chi connectivity index (χ1n) is 4.46. The van der Waals surface area contributed by atoms with Crippen molar-refractivity contribution in [3.8, 4) is 0 Å². The van der Waals surface area contributed by atoms with Crippen LogP contribution >= 0.6 is 0 Å². The van der Waals surface area contributed by atoms with Crippen LogP contribution in [0.3, 0.4) is 0 Å². The minimum absolute atomic E-state index is 0.0736. The number of hydrogen-bond acceptors (Lipinski definition) is 5. The average Bonchev–Trinajstić information content (AvgIpc) is 1.98. The molecule has 0 saturated carbocycles. The van der Waals surface area contributed by atoms with Gasteiger partial charge in [-0.2, -0.15) is 8.42 Å². The molecule has 96 valence electrons. The highest BCUT2D eigenvalue weighted by Crippen LogP contribution is 1.93. The van der Waals surface area contributed by atoms with Crippen LogP contribution in [0.5, 0.6) is 0 Å². The molecule has 6 nitrogen and oxygen atoms in total. The van der Waals surface area contributed by atoms with Crippen LogP contribution in [0.4, 0.5) is 0 Å². The molecule has 0 fully saturated rings. The fraction of sp³-hybridized carbons (Fsp3) is 0.667. The molecule has 0 aromatic heterocycles. The molecule has 0 aliphatic rings. The number of likely N-dealkylation sites (N-methyl/N-ethyl adjacent to an activating group) is 1. The predicted octanol–water partition coefficient (Wildman–Crippen LogP) is 0.170. The summed E-state index contributed by atoms with van der Waals surface area (Å²) in [6.45, 7) is 5.89. The fourth-order valence-corrected chi connectivity index (χ4v) is 0.798. The third-order valence-electron chi connectivity index (χ3n) is 1.11. The molecule has 7 heteroatoms. The Labute approximate surface area is 96.6 Å². The number of nitrogens with zero attached hydrogens (tertiary/aromatic N) is 1. The third kappa shape index (κ3) is 23.2. The largest absolute Gasteiger partial charge is 0.458 e. The summed E-state index contributed by atoms with van der Waals surface area (Å²) in [6.07, 6.45) is 1.81. The maximum Gasteiger partial charge on any atom is 0.330 e. The Balaban J connectivity index is 0. The normalized spacial score (nSPS) is 12.4. The second-order valence-electron chi connectivity index (χ2n) is 3.45. The molecular weight excluding hydrogens is 234 g/mol. The van der Waals surface area contributed by atoms with Crippen molar-refractivity contribution in [2.75, 3.05) is 26.9 Å². The van der Waals surface area contributed by atoms with E-state index in [0.717, 1.165) is 6.54 Å². The van der Waals surface area contributed by atoms with Crippen molar-refractivity contribution in [1.29, 1.82) is 0 Å². The first-order valence-corrected chi connectivity index (χ1v) is 6.31. The molecule has 0 aliphatic heterocycles. The molecule has 1 atom stereocenters. The zero-order chi connectivity index (χ0) is 13.4. The van der Waals surface area contributed by atoms with Gasteiger partial charge in [-0.3, -0.25) is 4.55 Å². The third-order valence-corrected chi connectivity index (χ3v) is 1.11. The van der Waals surface area contributed by atoms with Crippen LogP contribution in [-0.4, -0.2) is 56.8 Å². The van der Waals surface area contributed by atoms with E-state index in [0.29, 0.717) is 6.26 Å². The Morgan fingerprint density at radius 1 is 1.56 bits per heavy atom. The average molecular weight is 253 g/mol. The second-order valence-corrected chi connectivity index (χ2v) is 4.91. The van der Waals surface area contributed by atoms with Crippen LogP contribution in [0.15, 0.2) is 12.7 Å². The molecule has 1 N–H and O–H groups in total. The number of rotatable bonds is 4. The smallest absolute Gasteiger partial charge is 0.330 e. The SMILES string of the molecule is C=CC(=O)OC(C)CN(C)C.CS(=O)(=O)O. The van der Waals surface area contributed by atoms with E-state index >= 15 is 0 Å². The molecular formula is C9H19NO5S. The maximum absolute atomic E-state index is 10.6. The fourth-order valence-electron chi connectivity index (χ4n) is 0.798. The first kappa shape index (κ1) is 17.5. The Bertz CT molecular complexity index is 302. The Hall–Kier alpha value is -0.920. The van der Waals surface area contributed by atoms with Crippen LogP contribution < -0.4 is 0 Å². The molecule has 16 heavy (non-hydrogen) atoms. The van der Waals surface area contributed by atoms with Crippen molar-refractivity contribution in [2.24, 2.45) is 0 Å². The van der Waals surface area contributed by atoms with Crippen molar-refractivity contribution in [1.82, 2.24) is 4.90 Å². The number of hydrogen-bond donors (Lipinski definition) is 1. The van der Waals surface area contributed by atoms with Gasteiger partial charge < -0.3 is 9.64 Å². The van der Waals surface area contributed by atoms with Gasteiger partial charge in [0.15, 0.2) is 0 Å². The monoisotopic (exact) mass is 253 g/mol. The summed E-state index contributed by atoms with van der Waals surface area (Å²) in [7, 11) is 0.191. The van der Waals surface area contributed by atoms with E-state index in [1.54, 1.807) is 0 Å². The van der Waals surface area contributed by atoms with Gasteiger partial charge >= 0.3 is 5.97 Å². The van der Waals surface area contributed by atoms with Gasteiger partial charge in [0.1, 0.15) is 6.10 Å². The van der Waals surface area contributed by atoms with Gasteiger partial charge in [-0.25, -0.2) is 4.79 Å². The van der Waals surface area contributed by atoms with Crippen molar-refractivity contribution in [2.45, 2.75) is 13.0 Å². The van der Waals surface area contributed by atoms with E-state index in [1.165, 1.54) is 6.08 Å². The summed E-state index contributed by atoms with van der Waals surface area (Å²) >= 11 is 0. The molecule has 1 unspecified atom stereocenters. The van der Waals surface area contributed by atoms with Crippen LogP contribution in [0, 0.1) is 0 Å². The van der Waals surface area contributed by atoms with Crippen LogP contribution in [-0.2, 0) is 19.6 Å². The van der Waals surface area contributed by atoms with Crippen LogP contribution in [0.2, 0.25) is 0 Å². The molecule has 0 rings (SSSR count). The van der Waals surface area contributed by atoms with E-state index in [1.807, 2.05) is 25.9 Å². The summed E-state index contributed by atoms with van der Waals surface area (Å²) in [5.41, 5.74) is 0. The molecule has 0 spiro atoms. The standard InChI is InChI=1S/C8H15NO2.CH4O3S/c1-5-8(10)11-7(2)6-9(3)4;1-5(2,3)4/h5,7H,1,6H2,2-4H3;1H3,(H,2,3,4). The highest BCUT2D eigenvalue weighted by atomic mass is 32.2. The predicted molar refractivity (Wildman–Crippen MR) is 61.8 cm³/mol. The van der Waals surface area contributed by atoms with E-state index in [9.17, 15) is 13.2 Å². The summed E-state index contributed by atoms with van der Waals surface area (Å²) in [5, 5.41) is 0. The quantitative estimate of drug-likeness (QED) is 0.437.